The van der Waals surface area contributed by atoms with Crippen molar-refractivity contribution in [2.24, 2.45) is 0 Å². The van der Waals surface area contributed by atoms with Gasteiger partial charge in [-0.15, -0.1) is 0 Å². The van der Waals surface area contributed by atoms with Crippen LogP contribution in [-0.4, -0.2) is 9.13 Å². The topological polar surface area (TPSA) is 9.86 Å². The zero-order valence-electron chi connectivity index (χ0n) is 84.5. The molecule has 2 heterocycles. The summed E-state index contributed by atoms with van der Waals surface area (Å²) in [6, 6.07) is 141. The standard InChI is InChI=1S/C134H132N2/c1-127(2,3)109-45-25-85(26-46-109)97-69-98(86-27-47-110(48-28-86)128(4,5)6)74-105(73-97)93-41-65-123-119(81-93)120-82-94(106-75-99(87-29-49-111(50-30-87)129(7,8)9)70-100(76-106)88-31-51-112(52-32-88)130(10,11)12)42-66-124(120)135(123)117-61-63-118(64-62-117)136-125-67-43-95(107-77-101(89-33-53-113(54-34-89)131(13,14)15)71-102(78-107)90-35-55-114(56-36-90)132(16,17)18)83-121(125)122-84-96(44-68-126(122)136)108-79-103(91-37-57-115(58-38-91)133(19,20)21)72-104(80-108)92-39-59-116(60-40-92)134(22,23)24/h25-84H,1-24H3. The molecule has 0 fully saturated rings. The zero-order valence-corrected chi connectivity index (χ0v) is 84.5. The zero-order chi connectivity index (χ0) is 95.8. The summed E-state index contributed by atoms with van der Waals surface area (Å²) in [6.45, 7) is 55.1. The molecule has 0 aliphatic carbocycles. The predicted octanol–water partition coefficient (Wildman–Crippen LogP) is 38.3. The summed E-state index contributed by atoms with van der Waals surface area (Å²) >= 11 is 0. The van der Waals surface area contributed by atoms with E-state index in [4.69, 9.17) is 0 Å². The lowest BCUT2D eigenvalue weighted by Crippen LogP contribution is -2.10. The SMILES string of the molecule is CC(C)(C)c1ccc(-c2cc(-c3ccc(C(C)(C)C)cc3)cc(-c3ccc4c(c3)c3cc(-c5cc(-c6ccc(C(C)(C)C)cc6)cc(-c6ccc(C(C)(C)C)cc6)c5)ccc3n4-c3ccc(-n4c5ccc(-c6cc(-c7ccc(C(C)(C)C)cc7)cc(-c7ccc(C(C)(C)C)cc7)c6)cc5c5cc(-c6cc(-c7ccc(C(C)(C)C)cc7)cc(-c7ccc(C(C)(C)C)cc7)c6)ccc54)cc3)c2)cc1. The highest BCUT2D eigenvalue weighted by Crippen LogP contribution is 2.48. The van der Waals surface area contributed by atoms with Crippen LogP contribution in [0.15, 0.2) is 364 Å². The molecule has 0 radical (unpaired) electrons. The van der Waals surface area contributed by atoms with Gasteiger partial charge in [0.05, 0.1) is 22.1 Å². The molecule has 0 atom stereocenters. The van der Waals surface area contributed by atoms with Gasteiger partial charge in [0.1, 0.15) is 0 Å². The Morgan fingerprint density at radius 3 is 0.338 bits per heavy atom. The Labute approximate surface area is 809 Å². The molecule has 0 bridgehead atoms. The summed E-state index contributed by atoms with van der Waals surface area (Å²) in [7, 11) is 0. The van der Waals surface area contributed by atoms with Crippen molar-refractivity contribution < 1.29 is 0 Å². The van der Waals surface area contributed by atoms with Crippen LogP contribution >= 0.6 is 0 Å². The molecule has 17 aromatic carbocycles. The highest BCUT2D eigenvalue weighted by atomic mass is 15.0. The van der Waals surface area contributed by atoms with Crippen LogP contribution in [-0.2, 0) is 43.3 Å². The van der Waals surface area contributed by atoms with Gasteiger partial charge >= 0.3 is 0 Å². The molecule has 0 spiro atoms. The van der Waals surface area contributed by atoms with E-state index >= 15 is 0 Å². The fourth-order valence-corrected chi connectivity index (χ4v) is 19.9. The molecule has 0 unspecified atom stereocenters. The van der Waals surface area contributed by atoms with Crippen molar-refractivity contribution in [1.29, 1.82) is 0 Å². The van der Waals surface area contributed by atoms with E-state index in [2.05, 4.69) is 539 Å². The van der Waals surface area contributed by atoms with E-state index in [1.165, 1.54) is 155 Å². The van der Waals surface area contributed by atoms with E-state index in [0.29, 0.717) is 0 Å². The fraction of sp³-hybridized carbons (Fsp3) is 0.239. The minimum absolute atomic E-state index is 0.0205. The van der Waals surface area contributed by atoms with Gasteiger partial charge in [-0.2, -0.15) is 0 Å². The maximum Gasteiger partial charge on any atom is 0.0541 e. The van der Waals surface area contributed by atoms with Crippen molar-refractivity contribution in [3.63, 3.8) is 0 Å². The third-order valence-electron chi connectivity index (χ3n) is 28.6. The molecule has 0 N–H and O–H groups in total. The number of hydrogen-bond donors (Lipinski definition) is 0. The van der Waals surface area contributed by atoms with Crippen LogP contribution in [0.5, 0.6) is 0 Å². The molecule has 0 aliphatic rings. The van der Waals surface area contributed by atoms with E-state index in [-0.39, 0.29) is 43.3 Å². The average Bonchev–Trinajstić information content (AvgIpc) is 1.58. The molecule has 2 nitrogen and oxygen atoms in total. The second-order valence-corrected chi connectivity index (χ2v) is 46.9. The maximum atomic E-state index is 2.51. The van der Waals surface area contributed by atoms with Crippen LogP contribution in [0.3, 0.4) is 0 Å². The molecule has 19 rings (SSSR count). The summed E-state index contributed by atoms with van der Waals surface area (Å²) in [5.41, 5.74) is 45.7. The molecular formula is C134H132N2. The second kappa shape index (κ2) is 34.3. The van der Waals surface area contributed by atoms with E-state index in [1.807, 2.05) is 0 Å². The second-order valence-electron chi connectivity index (χ2n) is 46.9. The summed E-state index contributed by atoms with van der Waals surface area (Å²) in [6.07, 6.45) is 0. The third-order valence-corrected chi connectivity index (χ3v) is 28.6. The lowest BCUT2D eigenvalue weighted by atomic mass is 9.85. The van der Waals surface area contributed by atoms with Crippen molar-refractivity contribution in [2.45, 2.75) is 209 Å². The largest absolute Gasteiger partial charge is 0.309 e. The molecule has 0 amide bonds. The van der Waals surface area contributed by atoms with Crippen LogP contribution in [0.2, 0.25) is 0 Å². The van der Waals surface area contributed by atoms with Crippen LogP contribution < -0.4 is 0 Å². The van der Waals surface area contributed by atoms with Crippen LogP contribution in [0.25, 0.3) is 189 Å². The average molecular weight is 1770 g/mol. The van der Waals surface area contributed by atoms with Gasteiger partial charge in [0.2, 0.25) is 0 Å². The Balaban J connectivity index is 0.805. The van der Waals surface area contributed by atoms with Crippen molar-refractivity contribution in [3.8, 4) is 145 Å². The van der Waals surface area contributed by atoms with E-state index in [1.54, 1.807) is 0 Å². The first-order valence-electron chi connectivity index (χ1n) is 49.1. The minimum Gasteiger partial charge on any atom is -0.309 e. The number of benzene rings is 17. The Kier molecular flexibility index (Phi) is 23.1. The summed E-state index contributed by atoms with van der Waals surface area (Å²) in [5, 5.41) is 4.72. The van der Waals surface area contributed by atoms with Gasteiger partial charge in [0, 0.05) is 32.9 Å². The molecule has 2 aromatic heterocycles. The van der Waals surface area contributed by atoms with Gasteiger partial charge in [-0.25, -0.2) is 0 Å². The Bertz CT molecular complexity index is 6530. The molecular weight excluding hydrogens is 1640 g/mol. The van der Waals surface area contributed by atoms with Crippen molar-refractivity contribution in [3.05, 3.63) is 408 Å². The number of nitrogens with zero attached hydrogens (tertiary/aromatic N) is 2. The predicted molar refractivity (Wildman–Crippen MR) is 590 cm³/mol. The first-order valence-corrected chi connectivity index (χ1v) is 49.1. The Morgan fingerprint density at radius 2 is 0.221 bits per heavy atom. The van der Waals surface area contributed by atoms with Gasteiger partial charge in [-0.1, -0.05) is 385 Å². The molecule has 19 aromatic rings. The van der Waals surface area contributed by atoms with E-state index in [0.717, 1.165) is 77.9 Å². The summed E-state index contributed by atoms with van der Waals surface area (Å²) in [4.78, 5) is 0. The first-order chi connectivity index (χ1) is 64.3. The number of fused-ring (bicyclic) bond motifs is 6. The lowest BCUT2D eigenvalue weighted by Gasteiger charge is -2.20. The maximum absolute atomic E-state index is 2.51. The van der Waals surface area contributed by atoms with Gasteiger partial charge in [0.15, 0.2) is 0 Å². The molecule has 0 aliphatic heterocycles. The summed E-state index contributed by atoms with van der Waals surface area (Å²) in [5.74, 6) is 0. The summed E-state index contributed by atoms with van der Waals surface area (Å²) < 4.78 is 5.02. The van der Waals surface area contributed by atoms with Gasteiger partial charge in [0.25, 0.3) is 0 Å². The van der Waals surface area contributed by atoms with Gasteiger partial charge in [-0.3, -0.25) is 0 Å². The molecule has 136 heavy (non-hydrogen) atoms. The molecule has 0 saturated heterocycles. The number of hydrogen-bond acceptors (Lipinski definition) is 0. The van der Waals surface area contributed by atoms with Crippen molar-refractivity contribution >= 4 is 43.6 Å². The Morgan fingerprint density at radius 1 is 0.110 bits per heavy atom. The van der Waals surface area contributed by atoms with E-state index < -0.39 is 0 Å². The molecule has 0 saturated carbocycles. The van der Waals surface area contributed by atoms with Crippen LogP contribution in [0, 0.1) is 0 Å². The molecule has 2 heteroatoms. The minimum atomic E-state index is 0.0205. The van der Waals surface area contributed by atoms with Crippen LogP contribution in [0.1, 0.15) is 211 Å². The van der Waals surface area contributed by atoms with Gasteiger partial charge < -0.3 is 9.13 Å². The lowest BCUT2D eigenvalue weighted by molar-refractivity contribution is 0.590. The first kappa shape index (κ1) is 91.5. The normalized spacial score (nSPS) is 12.7. The van der Waals surface area contributed by atoms with E-state index in [9.17, 15) is 0 Å². The number of rotatable bonds is 14. The Hall–Kier alpha value is -13.7. The smallest absolute Gasteiger partial charge is 0.0541 e. The fourth-order valence-electron chi connectivity index (χ4n) is 19.9. The van der Waals surface area contributed by atoms with Crippen molar-refractivity contribution in [2.75, 3.05) is 0 Å². The third kappa shape index (κ3) is 18.5. The van der Waals surface area contributed by atoms with Crippen LogP contribution in [0.4, 0.5) is 0 Å². The van der Waals surface area contributed by atoms with Gasteiger partial charge in [-0.05, 0) is 367 Å². The quantitative estimate of drug-likeness (QED) is 0.103. The van der Waals surface area contributed by atoms with Crippen molar-refractivity contribution in [1.82, 2.24) is 9.13 Å². The number of aromatic nitrogens is 2. The monoisotopic (exact) mass is 1770 g/mol. The highest BCUT2D eigenvalue weighted by molar-refractivity contribution is 6.14. The molecule has 678 valence electrons. The highest BCUT2D eigenvalue weighted by Gasteiger charge is 2.27.